The van der Waals surface area contributed by atoms with E-state index in [-0.39, 0.29) is 6.09 Å². The minimum absolute atomic E-state index is 0.302. The topological polar surface area (TPSA) is 44.8 Å². The lowest BCUT2D eigenvalue weighted by Gasteiger charge is -2.33. The molecule has 0 bridgehead atoms. The Hall–Kier alpha value is -0.810. The van der Waals surface area contributed by atoms with Crippen LogP contribution >= 0.6 is 0 Å². The Kier molecular flexibility index (Phi) is 6.96. The summed E-state index contributed by atoms with van der Waals surface area (Å²) in [6.07, 6.45) is 0.689. The van der Waals surface area contributed by atoms with Crippen LogP contribution in [0.5, 0.6) is 0 Å². The van der Waals surface area contributed by atoms with Crippen LogP contribution in [0, 0.1) is 0 Å². The van der Waals surface area contributed by atoms with Crippen molar-refractivity contribution in [1.29, 1.82) is 0 Å². The van der Waals surface area contributed by atoms with Crippen LogP contribution in [0.2, 0.25) is 0 Å². The minimum Gasteiger partial charge on any atom is -0.450 e. The zero-order chi connectivity index (χ0) is 12.5. The maximum atomic E-state index is 11.0. The number of nitrogens with zero attached hydrogens (tertiary/aromatic N) is 2. The van der Waals surface area contributed by atoms with Crippen molar-refractivity contribution in [2.45, 2.75) is 20.3 Å². The molecule has 0 unspecified atom stereocenters. The summed E-state index contributed by atoms with van der Waals surface area (Å²) in [6, 6.07) is 0. The summed E-state index contributed by atoms with van der Waals surface area (Å²) >= 11 is 0. The first-order chi connectivity index (χ1) is 8.26. The molecule has 0 saturated carbocycles. The molecule has 1 aliphatic heterocycles. The number of hydrogen-bond acceptors (Lipinski definition) is 4. The summed E-state index contributed by atoms with van der Waals surface area (Å²) in [5.41, 5.74) is 0. The lowest BCUT2D eigenvalue weighted by Crippen LogP contribution is -2.46. The first-order valence-electron chi connectivity index (χ1n) is 6.61. The van der Waals surface area contributed by atoms with Crippen LogP contribution in [-0.2, 0) is 4.74 Å². The number of carbonyl (C=O) groups excluding carboxylic acids is 1. The van der Waals surface area contributed by atoms with Crippen LogP contribution in [0.3, 0.4) is 0 Å². The van der Waals surface area contributed by atoms with E-state index in [1.54, 1.807) is 0 Å². The van der Waals surface area contributed by atoms with Gasteiger partial charge in [0.15, 0.2) is 0 Å². The fraction of sp³-hybridized carbons (Fsp3) is 0.917. The first-order valence-corrected chi connectivity index (χ1v) is 6.61. The molecule has 1 saturated heterocycles. The second-order valence-corrected chi connectivity index (χ2v) is 4.28. The molecule has 1 heterocycles. The van der Waals surface area contributed by atoms with E-state index in [2.05, 4.69) is 22.0 Å². The zero-order valence-corrected chi connectivity index (χ0v) is 11.1. The average molecular weight is 243 g/mol. The van der Waals surface area contributed by atoms with Gasteiger partial charge in [-0.3, -0.25) is 0 Å². The zero-order valence-electron chi connectivity index (χ0n) is 11.1. The van der Waals surface area contributed by atoms with Gasteiger partial charge < -0.3 is 19.9 Å². The number of piperazine rings is 1. The van der Waals surface area contributed by atoms with Gasteiger partial charge in [0.05, 0.1) is 6.61 Å². The Morgan fingerprint density at radius 3 is 2.41 bits per heavy atom. The standard InChI is InChI=1S/C12H25N3O2/c1-3-14-8-10-15(11-9-14)7-5-6-13-12(16)17-4-2/h3-11H2,1-2H3,(H,13,16). The quantitative estimate of drug-likeness (QED) is 0.700. The predicted molar refractivity (Wildman–Crippen MR) is 68.2 cm³/mol. The Morgan fingerprint density at radius 2 is 1.82 bits per heavy atom. The number of likely N-dealkylation sites (N-methyl/N-ethyl adjacent to an activating group) is 1. The molecule has 5 nitrogen and oxygen atoms in total. The summed E-state index contributed by atoms with van der Waals surface area (Å²) in [6.45, 7) is 12.0. The molecule has 0 atom stereocenters. The summed E-state index contributed by atoms with van der Waals surface area (Å²) in [5.74, 6) is 0. The lowest BCUT2D eigenvalue weighted by molar-refractivity contribution is 0.134. The molecular formula is C12H25N3O2. The molecule has 1 amide bonds. The number of nitrogens with one attached hydrogen (secondary N) is 1. The molecule has 0 aliphatic carbocycles. The van der Waals surface area contributed by atoms with E-state index >= 15 is 0 Å². The molecule has 0 spiro atoms. The van der Waals surface area contributed by atoms with Gasteiger partial charge >= 0.3 is 6.09 Å². The van der Waals surface area contributed by atoms with Gasteiger partial charge in [-0.1, -0.05) is 6.92 Å². The van der Waals surface area contributed by atoms with Crippen LogP contribution < -0.4 is 5.32 Å². The van der Waals surface area contributed by atoms with Gasteiger partial charge in [-0.2, -0.15) is 0 Å². The maximum absolute atomic E-state index is 11.0. The summed E-state index contributed by atoms with van der Waals surface area (Å²) < 4.78 is 4.79. The van der Waals surface area contributed by atoms with Gasteiger partial charge in [-0.25, -0.2) is 4.79 Å². The van der Waals surface area contributed by atoms with Crippen molar-refractivity contribution < 1.29 is 9.53 Å². The third-order valence-electron chi connectivity index (χ3n) is 3.11. The van der Waals surface area contributed by atoms with Crippen LogP contribution in [0.1, 0.15) is 20.3 Å². The first kappa shape index (κ1) is 14.3. The van der Waals surface area contributed by atoms with Gasteiger partial charge in [0.25, 0.3) is 0 Å². The van der Waals surface area contributed by atoms with Crippen molar-refractivity contribution in [2.24, 2.45) is 0 Å². The van der Waals surface area contributed by atoms with E-state index in [1.807, 2.05) is 6.92 Å². The highest BCUT2D eigenvalue weighted by Crippen LogP contribution is 2.01. The van der Waals surface area contributed by atoms with Crippen LogP contribution in [0.4, 0.5) is 4.79 Å². The van der Waals surface area contributed by atoms with Crippen LogP contribution in [0.15, 0.2) is 0 Å². The van der Waals surface area contributed by atoms with E-state index < -0.39 is 0 Å². The van der Waals surface area contributed by atoms with Crippen molar-refractivity contribution in [3.63, 3.8) is 0 Å². The van der Waals surface area contributed by atoms with E-state index in [1.165, 1.54) is 13.1 Å². The van der Waals surface area contributed by atoms with Crippen molar-refractivity contribution >= 4 is 6.09 Å². The molecule has 0 aromatic heterocycles. The van der Waals surface area contributed by atoms with E-state index in [9.17, 15) is 4.79 Å². The minimum atomic E-state index is -0.302. The molecule has 0 aromatic carbocycles. The van der Waals surface area contributed by atoms with Crippen molar-refractivity contribution in [1.82, 2.24) is 15.1 Å². The number of hydrogen-bond donors (Lipinski definition) is 1. The molecule has 1 fully saturated rings. The average Bonchev–Trinajstić information content (AvgIpc) is 2.36. The van der Waals surface area contributed by atoms with E-state index in [0.29, 0.717) is 13.2 Å². The SMILES string of the molecule is CCOC(=O)NCCCN1CCN(CC)CC1. The molecule has 0 aromatic rings. The second kappa shape index (κ2) is 8.31. The summed E-state index contributed by atoms with van der Waals surface area (Å²) in [5, 5.41) is 2.74. The number of carbonyl (C=O) groups is 1. The fourth-order valence-corrected chi connectivity index (χ4v) is 2.00. The van der Waals surface area contributed by atoms with Crippen molar-refractivity contribution in [3.05, 3.63) is 0 Å². The maximum Gasteiger partial charge on any atom is 0.407 e. The Morgan fingerprint density at radius 1 is 1.18 bits per heavy atom. The molecule has 1 rings (SSSR count). The predicted octanol–water partition coefficient (Wildman–Crippen LogP) is 0.760. The highest BCUT2D eigenvalue weighted by atomic mass is 16.5. The van der Waals surface area contributed by atoms with Gasteiger partial charge in [0.2, 0.25) is 0 Å². The van der Waals surface area contributed by atoms with Crippen LogP contribution in [-0.4, -0.2) is 68.3 Å². The molecule has 5 heteroatoms. The second-order valence-electron chi connectivity index (χ2n) is 4.28. The smallest absolute Gasteiger partial charge is 0.407 e. The Balaban J connectivity index is 1.98. The molecule has 1 aliphatic rings. The van der Waals surface area contributed by atoms with E-state index in [0.717, 1.165) is 32.6 Å². The molecule has 0 radical (unpaired) electrons. The third kappa shape index (κ3) is 5.89. The van der Waals surface area contributed by atoms with Crippen LogP contribution in [0.25, 0.3) is 0 Å². The normalized spacial score (nSPS) is 18.0. The summed E-state index contributed by atoms with van der Waals surface area (Å²) in [4.78, 5) is 15.9. The number of ether oxygens (including phenoxy) is 1. The third-order valence-corrected chi connectivity index (χ3v) is 3.11. The molecular weight excluding hydrogens is 218 g/mol. The fourth-order valence-electron chi connectivity index (χ4n) is 2.00. The summed E-state index contributed by atoms with van der Waals surface area (Å²) in [7, 11) is 0. The number of alkyl carbamates (subject to hydrolysis) is 1. The van der Waals surface area contributed by atoms with E-state index in [4.69, 9.17) is 4.74 Å². The highest BCUT2D eigenvalue weighted by molar-refractivity contribution is 5.66. The van der Waals surface area contributed by atoms with Crippen molar-refractivity contribution in [2.75, 3.05) is 52.4 Å². The Bertz CT molecular complexity index is 216. The molecule has 1 N–H and O–H groups in total. The van der Waals surface area contributed by atoms with Gasteiger partial charge in [-0.05, 0) is 26.4 Å². The van der Waals surface area contributed by atoms with Gasteiger partial charge in [-0.15, -0.1) is 0 Å². The largest absolute Gasteiger partial charge is 0.450 e. The van der Waals surface area contributed by atoms with Gasteiger partial charge in [0.1, 0.15) is 0 Å². The molecule has 100 valence electrons. The highest BCUT2D eigenvalue weighted by Gasteiger charge is 2.14. The van der Waals surface area contributed by atoms with Gasteiger partial charge in [0, 0.05) is 32.7 Å². The Labute approximate surface area is 104 Å². The number of rotatable bonds is 6. The molecule has 17 heavy (non-hydrogen) atoms. The van der Waals surface area contributed by atoms with Crippen molar-refractivity contribution in [3.8, 4) is 0 Å². The lowest BCUT2D eigenvalue weighted by atomic mass is 10.3. The number of amides is 1. The monoisotopic (exact) mass is 243 g/mol.